The molecule has 0 aliphatic heterocycles. The second-order valence-corrected chi connectivity index (χ2v) is 4.58. The van der Waals surface area contributed by atoms with Crippen molar-refractivity contribution in [2.24, 2.45) is 0 Å². The third-order valence-corrected chi connectivity index (χ3v) is 3.10. The monoisotopic (exact) mass is 294 g/mol. The van der Waals surface area contributed by atoms with Gasteiger partial charge in [-0.25, -0.2) is 13.6 Å². The quantitative estimate of drug-likeness (QED) is 0.936. The molecule has 0 unspecified atom stereocenters. The highest BCUT2D eigenvalue weighted by Gasteiger charge is 2.16. The predicted octanol–water partition coefficient (Wildman–Crippen LogP) is 1.75. The summed E-state index contributed by atoms with van der Waals surface area (Å²) in [5.41, 5.74) is 0.165. The molecule has 1 N–H and O–H groups in total. The molecule has 0 atom stereocenters. The highest BCUT2D eigenvalue weighted by Crippen LogP contribution is 2.17. The summed E-state index contributed by atoms with van der Waals surface area (Å²) in [6.07, 6.45) is -0.331. The summed E-state index contributed by atoms with van der Waals surface area (Å²) >= 11 is 0. The standard InChI is InChI=1S/C14H12F2N2O3/c1-7-12(6-13(19)20)8(2)18(14(21)17-7)11-4-9(15)3-10(16)5-11/h3-5H,6H2,1-2H3,(H,19,20). The Labute approximate surface area is 118 Å². The number of nitrogens with zero attached hydrogens (tertiary/aromatic N) is 2. The second-order valence-electron chi connectivity index (χ2n) is 4.58. The number of hydrogen-bond acceptors (Lipinski definition) is 3. The van der Waals surface area contributed by atoms with Gasteiger partial charge in [0.15, 0.2) is 0 Å². The van der Waals surface area contributed by atoms with Crippen LogP contribution in [0.4, 0.5) is 8.78 Å². The van der Waals surface area contributed by atoms with E-state index in [0.29, 0.717) is 17.3 Å². The first kappa shape index (κ1) is 14.8. The highest BCUT2D eigenvalue weighted by molar-refractivity contribution is 5.71. The highest BCUT2D eigenvalue weighted by atomic mass is 19.1. The smallest absolute Gasteiger partial charge is 0.352 e. The SMILES string of the molecule is Cc1nc(=O)n(-c2cc(F)cc(F)c2)c(C)c1CC(=O)O. The molecule has 0 saturated carbocycles. The summed E-state index contributed by atoms with van der Waals surface area (Å²) in [5, 5.41) is 8.90. The van der Waals surface area contributed by atoms with Crippen LogP contribution in [-0.2, 0) is 11.2 Å². The molecule has 0 fully saturated rings. The van der Waals surface area contributed by atoms with Crippen LogP contribution in [0.3, 0.4) is 0 Å². The van der Waals surface area contributed by atoms with Gasteiger partial charge in [-0.15, -0.1) is 0 Å². The molecule has 1 heterocycles. The van der Waals surface area contributed by atoms with Gasteiger partial charge in [0, 0.05) is 23.0 Å². The first-order chi connectivity index (χ1) is 9.79. The van der Waals surface area contributed by atoms with Crippen LogP contribution in [0, 0.1) is 25.5 Å². The number of aromatic nitrogens is 2. The van der Waals surface area contributed by atoms with E-state index in [9.17, 15) is 18.4 Å². The molecule has 0 aliphatic carbocycles. The molecule has 21 heavy (non-hydrogen) atoms. The maximum Gasteiger partial charge on any atom is 0.352 e. The average molecular weight is 294 g/mol. The van der Waals surface area contributed by atoms with E-state index in [1.54, 1.807) is 0 Å². The van der Waals surface area contributed by atoms with Crippen molar-refractivity contribution >= 4 is 5.97 Å². The third-order valence-electron chi connectivity index (χ3n) is 3.10. The number of aliphatic carboxylic acids is 1. The number of carboxylic acids is 1. The van der Waals surface area contributed by atoms with Crippen molar-refractivity contribution in [3.63, 3.8) is 0 Å². The largest absolute Gasteiger partial charge is 0.481 e. The molecule has 110 valence electrons. The zero-order valence-electron chi connectivity index (χ0n) is 11.4. The minimum Gasteiger partial charge on any atom is -0.481 e. The van der Waals surface area contributed by atoms with Gasteiger partial charge in [0.2, 0.25) is 0 Å². The maximum atomic E-state index is 13.3. The van der Waals surface area contributed by atoms with Crippen LogP contribution in [0.25, 0.3) is 5.69 Å². The number of aryl methyl sites for hydroxylation is 1. The van der Waals surface area contributed by atoms with Gasteiger partial charge in [-0.3, -0.25) is 9.36 Å². The molecular weight excluding hydrogens is 282 g/mol. The molecule has 0 aliphatic rings. The number of carboxylic acid groups (broad SMARTS) is 1. The van der Waals surface area contributed by atoms with E-state index in [-0.39, 0.29) is 17.8 Å². The van der Waals surface area contributed by atoms with Crippen LogP contribution in [0.1, 0.15) is 17.0 Å². The van der Waals surface area contributed by atoms with Crippen molar-refractivity contribution in [2.75, 3.05) is 0 Å². The fraction of sp³-hybridized carbons (Fsp3) is 0.214. The molecule has 0 bridgehead atoms. The molecular formula is C14H12F2N2O3. The van der Waals surface area contributed by atoms with Crippen molar-refractivity contribution in [2.45, 2.75) is 20.3 Å². The normalized spacial score (nSPS) is 10.7. The van der Waals surface area contributed by atoms with E-state index in [2.05, 4.69) is 4.98 Å². The van der Waals surface area contributed by atoms with Crippen LogP contribution in [-0.4, -0.2) is 20.6 Å². The second kappa shape index (κ2) is 5.43. The van der Waals surface area contributed by atoms with Crippen molar-refractivity contribution in [3.8, 4) is 5.69 Å². The average Bonchev–Trinajstić information content (AvgIpc) is 2.32. The number of hydrogen-bond donors (Lipinski definition) is 1. The van der Waals surface area contributed by atoms with E-state index in [0.717, 1.165) is 16.7 Å². The third kappa shape index (κ3) is 2.96. The Morgan fingerprint density at radius 1 is 1.24 bits per heavy atom. The summed E-state index contributed by atoms with van der Waals surface area (Å²) in [7, 11) is 0. The molecule has 0 radical (unpaired) electrons. The maximum absolute atomic E-state index is 13.3. The molecule has 2 aromatic rings. The van der Waals surface area contributed by atoms with Gasteiger partial charge in [0.1, 0.15) is 11.6 Å². The van der Waals surface area contributed by atoms with Crippen LogP contribution < -0.4 is 5.69 Å². The Hall–Kier alpha value is -2.57. The Balaban J connectivity index is 2.74. The molecule has 1 aromatic carbocycles. The van der Waals surface area contributed by atoms with Gasteiger partial charge in [-0.1, -0.05) is 0 Å². The van der Waals surface area contributed by atoms with Crippen LogP contribution in [0.5, 0.6) is 0 Å². The summed E-state index contributed by atoms with van der Waals surface area (Å²) in [6.45, 7) is 3.03. The van der Waals surface area contributed by atoms with Crippen molar-refractivity contribution in [1.29, 1.82) is 0 Å². The lowest BCUT2D eigenvalue weighted by atomic mass is 10.1. The van der Waals surface area contributed by atoms with Crippen LogP contribution in [0.15, 0.2) is 23.0 Å². The van der Waals surface area contributed by atoms with Gasteiger partial charge in [0.25, 0.3) is 0 Å². The molecule has 5 nitrogen and oxygen atoms in total. The summed E-state index contributed by atoms with van der Waals surface area (Å²) in [6, 6.07) is 2.65. The topological polar surface area (TPSA) is 72.2 Å². The Morgan fingerprint density at radius 3 is 2.33 bits per heavy atom. The van der Waals surface area contributed by atoms with Crippen LogP contribution in [0.2, 0.25) is 0 Å². The van der Waals surface area contributed by atoms with Crippen molar-refractivity contribution in [1.82, 2.24) is 9.55 Å². The molecule has 0 spiro atoms. The zero-order valence-corrected chi connectivity index (χ0v) is 11.4. The summed E-state index contributed by atoms with van der Waals surface area (Å²) in [5.74, 6) is -2.76. The number of carbonyl (C=O) groups is 1. The molecule has 1 aromatic heterocycles. The van der Waals surface area contributed by atoms with Crippen molar-refractivity contribution in [3.05, 3.63) is 57.3 Å². The van der Waals surface area contributed by atoms with Crippen LogP contribution >= 0.6 is 0 Å². The van der Waals surface area contributed by atoms with E-state index < -0.39 is 23.3 Å². The Morgan fingerprint density at radius 2 is 1.81 bits per heavy atom. The van der Waals surface area contributed by atoms with Gasteiger partial charge in [-0.2, -0.15) is 4.98 Å². The lowest BCUT2D eigenvalue weighted by molar-refractivity contribution is -0.136. The first-order valence-corrected chi connectivity index (χ1v) is 6.07. The fourth-order valence-electron chi connectivity index (χ4n) is 2.18. The van der Waals surface area contributed by atoms with E-state index >= 15 is 0 Å². The van der Waals surface area contributed by atoms with Crippen molar-refractivity contribution < 1.29 is 18.7 Å². The van der Waals surface area contributed by atoms with Gasteiger partial charge >= 0.3 is 11.7 Å². The Bertz CT molecular complexity index is 764. The fourth-order valence-corrected chi connectivity index (χ4v) is 2.18. The summed E-state index contributed by atoms with van der Waals surface area (Å²) < 4.78 is 27.6. The van der Waals surface area contributed by atoms with E-state index in [1.807, 2.05) is 0 Å². The molecule has 0 saturated heterocycles. The minimum absolute atomic E-state index is 0.0332. The number of rotatable bonds is 3. The van der Waals surface area contributed by atoms with Gasteiger partial charge < -0.3 is 5.11 Å². The lowest BCUT2D eigenvalue weighted by Crippen LogP contribution is -2.27. The number of halogens is 2. The molecule has 0 amide bonds. The molecule has 2 rings (SSSR count). The predicted molar refractivity (Wildman–Crippen MR) is 70.6 cm³/mol. The molecule has 7 heteroatoms. The lowest BCUT2D eigenvalue weighted by Gasteiger charge is -2.14. The zero-order chi connectivity index (χ0) is 15.7. The summed E-state index contributed by atoms with van der Waals surface area (Å²) in [4.78, 5) is 26.6. The first-order valence-electron chi connectivity index (χ1n) is 6.07. The minimum atomic E-state index is -1.08. The van der Waals surface area contributed by atoms with E-state index in [1.165, 1.54) is 13.8 Å². The van der Waals surface area contributed by atoms with E-state index in [4.69, 9.17) is 5.11 Å². The number of benzene rings is 1. The van der Waals surface area contributed by atoms with Gasteiger partial charge in [-0.05, 0) is 26.0 Å². The van der Waals surface area contributed by atoms with Gasteiger partial charge in [0.05, 0.1) is 12.1 Å². The Kier molecular flexibility index (Phi) is 3.84.